The maximum Gasteiger partial charge on any atom is 0.411 e. The second-order valence-electron chi connectivity index (χ2n) is 3.50. The standard InChI is InChI=1S/C11H15NO4/c1-3-5-16-11(15)12-7-8(4-2)6-9(12)10(13)14/h3-4,9H,1,5-7H2,2H3,(H,13,14)/b8-4-. The number of hydrogen-bond donors (Lipinski definition) is 1. The lowest BCUT2D eigenvalue weighted by Crippen LogP contribution is -2.40. The van der Waals surface area contributed by atoms with E-state index in [9.17, 15) is 9.59 Å². The third kappa shape index (κ3) is 2.62. The first kappa shape index (κ1) is 12.3. The number of aliphatic carboxylic acids is 1. The highest BCUT2D eigenvalue weighted by Gasteiger charge is 2.37. The van der Waals surface area contributed by atoms with Crippen LogP contribution >= 0.6 is 0 Å². The number of carboxylic acid groups (broad SMARTS) is 1. The van der Waals surface area contributed by atoms with Crippen LogP contribution in [0, 0.1) is 0 Å². The van der Waals surface area contributed by atoms with Crippen LogP contribution in [0.4, 0.5) is 4.79 Å². The van der Waals surface area contributed by atoms with Crippen molar-refractivity contribution in [3.8, 4) is 0 Å². The van der Waals surface area contributed by atoms with Crippen LogP contribution in [0.2, 0.25) is 0 Å². The first-order valence-electron chi connectivity index (χ1n) is 5.01. The Morgan fingerprint density at radius 3 is 2.88 bits per heavy atom. The maximum absolute atomic E-state index is 11.5. The molecule has 0 saturated carbocycles. The van der Waals surface area contributed by atoms with Crippen LogP contribution in [0.15, 0.2) is 24.3 Å². The van der Waals surface area contributed by atoms with E-state index < -0.39 is 18.1 Å². The van der Waals surface area contributed by atoms with E-state index in [2.05, 4.69) is 6.58 Å². The van der Waals surface area contributed by atoms with Gasteiger partial charge in [0.2, 0.25) is 0 Å². The number of nitrogens with zero attached hydrogens (tertiary/aromatic N) is 1. The van der Waals surface area contributed by atoms with Crippen molar-refractivity contribution in [3.63, 3.8) is 0 Å². The Labute approximate surface area is 94.0 Å². The van der Waals surface area contributed by atoms with E-state index in [4.69, 9.17) is 9.84 Å². The van der Waals surface area contributed by atoms with Crippen LogP contribution in [-0.2, 0) is 9.53 Å². The lowest BCUT2D eigenvalue weighted by molar-refractivity contribution is -0.141. The van der Waals surface area contributed by atoms with E-state index in [1.165, 1.54) is 11.0 Å². The number of ether oxygens (including phenoxy) is 1. The fraction of sp³-hybridized carbons (Fsp3) is 0.455. The van der Waals surface area contributed by atoms with Crippen molar-refractivity contribution in [2.45, 2.75) is 19.4 Å². The summed E-state index contributed by atoms with van der Waals surface area (Å²) in [6.45, 7) is 5.66. The molecule has 1 N–H and O–H groups in total. The predicted octanol–water partition coefficient (Wildman–Crippen LogP) is 1.41. The molecule has 0 spiro atoms. The van der Waals surface area contributed by atoms with Gasteiger partial charge in [-0.05, 0) is 6.92 Å². The quantitative estimate of drug-likeness (QED) is 0.737. The average molecular weight is 225 g/mol. The molecule has 0 aromatic heterocycles. The average Bonchev–Trinajstić information content (AvgIpc) is 2.70. The number of rotatable bonds is 3. The van der Waals surface area contributed by atoms with Crippen molar-refractivity contribution in [2.75, 3.05) is 13.2 Å². The molecule has 0 aromatic carbocycles. The molecule has 1 fully saturated rings. The van der Waals surface area contributed by atoms with Gasteiger partial charge in [-0.1, -0.05) is 24.3 Å². The molecule has 0 aromatic rings. The Morgan fingerprint density at radius 2 is 2.38 bits per heavy atom. The van der Waals surface area contributed by atoms with Crippen molar-refractivity contribution in [2.24, 2.45) is 0 Å². The normalized spacial score (nSPS) is 22.2. The molecule has 1 rings (SSSR count). The molecule has 5 nitrogen and oxygen atoms in total. The van der Waals surface area contributed by atoms with Crippen molar-refractivity contribution >= 4 is 12.1 Å². The highest BCUT2D eigenvalue weighted by molar-refractivity contribution is 5.81. The monoisotopic (exact) mass is 225 g/mol. The Morgan fingerprint density at radius 1 is 1.69 bits per heavy atom. The summed E-state index contributed by atoms with van der Waals surface area (Å²) in [5.74, 6) is -1.01. The van der Waals surface area contributed by atoms with Gasteiger partial charge in [-0.2, -0.15) is 0 Å². The number of hydrogen-bond acceptors (Lipinski definition) is 3. The SMILES string of the molecule is C=CCOC(=O)N1C/C(=C\C)CC1C(=O)O. The fourth-order valence-corrected chi connectivity index (χ4v) is 1.59. The van der Waals surface area contributed by atoms with Gasteiger partial charge in [0.25, 0.3) is 0 Å². The van der Waals surface area contributed by atoms with Gasteiger partial charge in [0.15, 0.2) is 0 Å². The number of carbonyl (C=O) groups is 2. The van der Waals surface area contributed by atoms with Gasteiger partial charge >= 0.3 is 12.1 Å². The molecule has 88 valence electrons. The highest BCUT2D eigenvalue weighted by Crippen LogP contribution is 2.23. The summed E-state index contributed by atoms with van der Waals surface area (Å²) in [6.07, 6.45) is 3.04. The molecule has 1 aliphatic rings. The van der Waals surface area contributed by atoms with E-state index in [1.807, 2.05) is 13.0 Å². The zero-order valence-electron chi connectivity index (χ0n) is 9.18. The first-order chi connectivity index (χ1) is 7.60. The summed E-state index contributed by atoms with van der Waals surface area (Å²) in [5.41, 5.74) is 0.933. The number of carboxylic acids is 1. The third-order valence-electron chi connectivity index (χ3n) is 2.46. The topological polar surface area (TPSA) is 66.8 Å². The van der Waals surface area contributed by atoms with Gasteiger partial charge in [-0.25, -0.2) is 9.59 Å². The minimum Gasteiger partial charge on any atom is -0.480 e. The molecule has 1 atom stereocenters. The minimum absolute atomic E-state index is 0.0901. The number of allylic oxidation sites excluding steroid dienone is 1. The Bertz CT molecular complexity index is 335. The summed E-state index contributed by atoms with van der Waals surface area (Å²) in [4.78, 5) is 23.7. The van der Waals surface area contributed by atoms with Crippen molar-refractivity contribution in [3.05, 3.63) is 24.3 Å². The van der Waals surface area contributed by atoms with Gasteiger partial charge in [0.05, 0.1) is 0 Å². The van der Waals surface area contributed by atoms with Crippen LogP contribution in [0.3, 0.4) is 0 Å². The van der Waals surface area contributed by atoms with Gasteiger partial charge < -0.3 is 9.84 Å². The molecule has 1 saturated heterocycles. The molecule has 1 unspecified atom stereocenters. The van der Waals surface area contributed by atoms with Crippen LogP contribution in [0.1, 0.15) is 13.3 Å². The van der Waals surface area contributed by atoms with Gasteiger partial charge in [0.1, 0.15) is 12.6 Å². The van der Waals surface area contributed by atoms with Crippen molar-refractivity contribution in [1.29, 1.82) is 0 Å². The van der Waals surface area contributed by atoms with Crippen LogP contribution in [0.5, 0.6) is 0 Å². The van der Waals surface area contributed by atoms with E-state index in [0.29, 0.717) is 13.0 Å². The highest BCUT2D eigenvalue weighted by atomic mass is 16.6. The lowest BCUT2D eigenvalue weighted by Gasteiger charge is -2.19. The van der Waals surface area contributed by atoms with Crippen LogP contribution < -0.4 is 0 Å². The molecular formula is C11H15NO4. The van der Waals surface area contributed by atoms with E-state index >= 15 is 0 Å². The van der Waals surface area contributed by atoms with Crippen LogP contribution in [-0.4, -0.2) is 41.3 Å². The molecule has 5 heteroatoms. The summed E-state index contributed by atoms with van der Waals surface area (Å²) >= 11 is 0. The Kier molecular flexibility index (Phi) is 4.10. The van der Waals surface area contributed by atoms with E-state index in [-0.39, 0.29) is 6.61 Å². The van der Waals surface area contributed by atoms with Gasteiger partial charge in [-0.3, -0.25) is 4.90 Å². The van der Waals surface area contributed by atoms with E-state index in [0.717, 1.165) is 5.57 Å². The molecule has 1 amide bonds. The molecular weight excluding hydrogens is 210 g/mol. The van der Waals surface area contributed by atoms with Crippen molar-refractivity contribution in [1.82, 2.24) is 4.90 Å². The molecule has 0 aliphatic carbocycles. The maximum atomic E-state index is 11.5. The predicted molar refractivity (Wildman–Crippen MR) is 58.0 cm³/mol. The third-order valence-corrected chi connectivity index (χ3v) is 2.46. The minimum atomic E-state index is -1.01. The van der Waals surface area contributed by atoms with E-state index in [1.54, 1.807) is 0 Å². The van der Waals surface area contributed by atoms with Gasteiger partial charge in [0, 0.05) is 13.0 Å². The second kappa shape index (κ2) is 5.34. The number of likely N-dealkylation sites (tertiary alicyclic amines) is 1. The first-order valence-corrected chi connectivity index (χ1v) is 5.01. The van der Waals surface area contributed by atoms with Crippen LogP contribution in [0.25, 0.3) is 0 Å². The largest absolute Gasteiger partial charge is 0.480 e. The molecule has 0 bridgehead atoms. The number of carbonyl (C=O) groups excluding carboxylic acids is 1. The second-order valence-corrected chi connectivity index (χ2v) is 3.50. The lowest BCUT2D eigenvalue weighted by atomic mass is 10.1. The summed E-state index contributed by atoms with van der Waals surface area (Å²) < 4.78 is 4.83. The summed E-state index contributed by atoms with van der Waals surface area (Å²) in [6, 6.07) is -0.816. The fourth-order valence-electron chi connectivity index (χ4n) is 1.59. The smallest absolute Gasteiger partial charge is 0.411 e. The number of amides is 1. The van der Waals surface area contributed by atoms with Gasteiger partial charge in [-0.15, -0.1) is 0 Å². The van der Waals surface area contributed by atoms with Crippen molar-refractivity contribution < 1.29 is 19.4 Å². The molecule has 16 heavy (non-hydrogen) atoms. The Hall–Kier alpha value is -1.78. The zero-order valence-corrected chi connectivity index (χ0v) is 9.18. The molecule has 1 heterocycles. The zero-order chi connectivity index (χ0) is 12.1. The summed E-state index contributed by atoms with van der Waals surface area (Å²) in [5, 5.41) is 8.97. The Balaban J connectivity index is 2.72. The summed E-state index contributed by atoms with van der Waals surface area (Å²) in [7, 11) is 0. The molecule has 1 aliphatic heterocycles. The molecule has 0 radical (unpaired) electrons.